The first-order valence-electron chi connectivity index (χ1n) is 11.9. The summed E-state index contributed by atoms with van der Waals surface area (Å²) in [5.41, 5.74) is 2.89. The number of carbonyl (C=O) groups is 1. The molecule has 4 heteroatoms. The van der Waals surface area contributed by atoms with E-state index < -0.39 is 13.0 Å². The van der Waals surface area contributed by atoms with Gasteiger partial charge in [0.25, 0.3) is 0 Å². The fourth-order valence-electron chi connectivity index (χ4n) is 4.10. The van der Waals surface area contributed by atoms with Gasteiger partial charge in [0.15, 0.2) is 0 Å². The highest BCUT2D eigenvalue weighted by molar-refractivity contribution is 7.78. The van der Waals surface area contributed by atoms with Crippen LogP contribution in [0.25, 0.3) is 11.1 Å². The molecule has 0 N–H and O–H groups in total. The first kappa shape index (κ1) is 22.4. The SMILES string of the molecule is [2H][C@@](CCOC(C)=O)(CP(=O)(c1ccccc1)c1ccccc1)c1ccc(-c2ccccc2)cc1. The van der Waals surface area contributed by atoms with E-state index in [-0.39, 0.29) is 25.2 Å². The summed E-state index contributed by atoms with van der Waals surface area (Å²) in [6, 6.07) is 36.7. The summed E-state index contributed by atoms with van der Waals surface area (Å²) < 4.78 is 29.6. The van der Waals surface area contributed by atoms with Crippen molar-refractivity contribution in [3.63, 3.8) is 0 Å². The Labute approximate surface area is 203 Å². The van der Waals surface area contributed by atoms with Crippen molar-refractivity contribution in [3.05, 3.63) is 121 Å². The monoisotopic (exact) mass is 469 g/mol. The third-order valence-electron chi connectivity index (χ3n) is 5.87. The van der Waals surface area contributed by atoms with E-state index >= 15 is 0 Å². The van der Waals surface area contributed by atoms with Crippen molar-refractivity contribution in [3.8, 4) is 11.1 Å². The summed E-state index contributed by atoms with van der Waals surface area (Å²) in [4.78, 5) is 11.5. The van der Waals surface area contributed by atoms with Crippen LogP contribution in [0, 0.1) is 0 Å². The maximum absolute atomic E-state index is 14.8. The standard InChI is InChI=1S/C30H29O3P/c1-24(31)33-22-21-28(27-19-17-26(18-20-27)25-11-5-2-6-12-25)23-34(32,29-13-7-3-8-14-29)30-15-9-4-10-16-30/h2-20,28H,21-23H2,1H3/t28-/m1/s1/i28D. The summed E-state index contributed by atoms with van der Waals surface area (Å²) in [5, 5.41) is 1.44. The van der Waals surface area contributed by atoms with Gasteiger partial charge >= 0.3 is 5.97 Å². The summed E-state index contributed by atoms with van der Waals surface area (Å²) in [6.45, 7) is 1.45. The van der Waals surface area contributed by atoms with Crippen LogP contribution < -0.4 is 10.6 Å². The highest BCUT2D eigenvalue weighted by Crippen LogP contribution is 2.48. The molecule has 0 amide bonds. The van der Waals surface area contributed by atoms with Gasteiger partial charge in [0.1, 0.15) is 7.14 Å². The van der Waals surface area contributed by atoms with Gasteiger partial charge in [-0.1, -0.05) is 115 Å². The lowest BCUT2D eigenvalue weighted by atomic mass is 9.95. The highest BCUT2D eigenvalue weighted by atomic mass is 31.2. The van der Waals surface area contributed by atoms with Gasteiger partial charge in [-0.15, -0.1) is 0 Å². The molecule has 0 heterocycles. The minimum atomic E-state index is -3.17. The molecule has 0 fully saturated rings. The van der Waals surface area contributed by atoms with Crippen LogP contribution in [0.2, 0.25) is 0 Å². The number of benzene rings is 4. The highest BCUT2D eigenvalue weighted by Gasteiger charge is 2.31. The van der Waals surface area contributed by atoms with E-state index in [0.29, 0.717) is 0 Å². The minimum Gasteiger partial charge on any atom is -0.466 e. The van der Waals surface area contributed by atoms with Crippen molar-refractivity contribution >= 4 is 23.7 Å². The molecular weight excluding hydrogens is 439 g/mol. The fraction of sp³-hybridized carbons (Fsp3) is 0.167. The molecule has 0 saturated carbocycles. The number of carbonyl (C=O) groups excluding carboxylic acids is 1. The van der Waals surface area contributed by atoms with Gasteiger partial charge in [-0.25, -0.2) is 0 Å². The molecule has 34 heavy (non-hydrogen) atoms. The van der Waals surface area contributed by atoms with Gasteiger partial charge in [-0.2, -0.15) is 0 Å². The molecule has 0 aromatic heterocycles. The maximum atomic E-state index is 14.8. The zero-order valence-corrected chi connectivity index (χ0v) is 20.2. The summed E-state index contributed by atoms with van der Waals surface area (Å²) >= 11 is 0. The van der Waals surface area contributed by atoms with E-state index in [1.807, 2.05) is 115 Å². The molecule has 172 valence electrons. The Hall–Kier alpha value is -3.42. The second-order valence-electron chi connectivity index (χ2n) is 8.21. The predicted molar refractivity (Wildman–Crippen MR) is 140 cm³/mol. The fourth-order valence-corrected chi connectivity index (χ4v) is 6.95. The van der Waals surface area contributed by atoms with Crippen LogP contribution in [0.3, 0.4) is 0 Å². The smallest absolute Gasteiger partial charge is 0.302 e. The molecule has 0 saturated heterocycles. The number of ether oxygens (including phenoxy) is 1. The second-order valence-corrected chi connectivity index (χ2v) is 11.0. The van der Waals surface area contributed by atoms with Crippen molar-refractivity contribution in [1.29, 1.82) is 0 Å². The second kappa shape index (κ2) is 11.1. The summed E-state index contributed by atoms with van der Waals surface area (Å²) in [5.74, 6) is -1.62. The van der Waals surface area contributed by atoms with Crippen molar-refractivity contribution in [2.24, 2.45) is 0 Å². The molecule has 4 rings (SSSR count). The maximum Gasteiger partial charge on any atom is 0.302 e. The van der Waals surface area contributed by atoms with Crippen LogP contribution in [0.4, 0.5) is 0 Å². The van der Waals surface area contributed by atoms with E-state index in [1.165, 1.54) is 6.92 Å². The van der Waals surface area contributed by atoms with Crippen molar-refractivity contribution in [2.75, 3.05) is 12.8 Å². The molecule has 1 atom stereocenters. The summed E-state index contributed by atoms with van der Waals surface area (Å²) in [7, 11) is -3.17. The Bertz CT molecular complexity index is 1250. The number of hydrogen-bond acceptors (Lipinski definition) is 3. The molecule has 0 bridgehead atoms. The molecule has 0 radical (unpaired) electrons. The number of rotatable bonds is 9. The Morgan fingerprint density at radius 2 is 1.24 bits per heavy atom. The first-order chi connectivity index (χ1) is 16.9. The van der Waals surface area contributed by atoms with Crippen LogP contribution in [-0.2, 0) is 14.1 Å². The normalized spacial score (nSPS) is 13.5. The molecule has 0 aliphatic heterocycles. The molecule has 0 unspecified atom stereocenters. The topological polar surface area (TPSA) is 43.4 Å². The number of esters is 1. The Morgan fingerprint density at radius 1 is 0.765 bits per heavy atom. The molecule has 0 aliphatic rings. The summed E-state index contributed by atoms with van der Waals surface area (Å²) in [6.07, 6.45) is 0.334. The largest absolute Gasteiger partial charge is 0.466 e. The van der Waals surface area contributed by atoms with Crippen LogP contribution in [0.1, 0.15) is 26.2 Å². The van der Waals surface area contributed by atoms with E-state index in [1.54, 1.807) is 0 Å². The predicted octanol–water partition coefficient (Wildman–Crippen LogP) is 6.40. The van der Waals surface area contributed by atoms with Crippen LogP contribution in [0.5, 0.6) is 0 Å². The molecule has 0 aliphatic carbocycles. The zero-order valence-electron chi connectivity index (χ0n) is 20.3. The molecule has 4 aromatic carbocycles. The van der Waals surface area contributed by atoms with Gasteiger partial charge in [-0.05, 0) is 29.0 Å². The minimum absolute atomic E-state index is 0.0862. The van der Waals surface area contributed by atoms with Gasteiger partial charge in [0.2, 0.25) is 0 Å². The number of hydrogen-bond donors (Lipinski definition) is 0. The zero-order chi connectivity index (χ0) is 24.7. The van der Waals surface area contributed by atoms with Crippen LogP contribution in [-0.4, -0.2) is 18.7 Å². The lowest BCUT2D eigenvalue weighted by Crippen LogP contribution is -2.22. The van der Waals surface area contributed by atoms with Crippen molar-refractivity contribution in [2.45, 2.75) is 19.2 Å². The van der Waals surface area contributed by atoms with Gasteiger partial charge in [-0.3, -0.25) is 4.79 Å². The third-order valence-corrected chi connectivity index (χ3v) is 8.96. The molecule has 4 aromatic rings. The molecule has 3 nitrogen and oxygen atoms in total. The lowest BCUT2D eigenvalue weighted by Gasteiger charge is -2.26. The van der Waals surface area contributed by atoms with Crippen molar-refractivity contribution < 1.29 is 15.5 Å². The van der Waals surface area contributed by atoms with Gasteiger partial charge in [0, 0.05) is 25.1 Å². The Morgan fingerprint density at radius 3 is 1.74 bits per heavy atom. The third kappa shape index (κ3) is 5.73. The molecular formula is C30H29O3P. The quantitative estimate of drug-likeness (QED) is 0.210. The van der Waals surface area contributed by atoms with Crippen LogP contribution >= 0.6 is 7.14 Å². The first-order valence-corrected chi connectivity index (χ1v) is 13.3. The Kier molecular flexibility index (Phi) is 7.33. The van der Waals surface area contributed by atoms with Gasteiger partial charge in [0.05, 0.1) is 6.61 Å². The van der Waals surface area contributed by atoms with E-state index in [9.17, 15) is 10.7 Å². The van der Waals surface area contributed by atoms with Crippen LogP contribution in [0.15, 0.2) is 115 Å². The van der Waals surface area contributed by atoms with E-state index in [0.717, 1.165) is 27.3 Å². The average Bonchev–Trinajstić information content (AvgIpc) is 2.90. The average molecular weight is 470 g/mol. The Balaban J connectivity index is 1.76. The van der Waals surface area contributed by atoms with E-state index in [4.69, 9.17) is 4.74 Å². The van der Waals surface area contributed by atoms with E-state index in [2.05, 4.69) is 0 Å². The lowest BCUT2D eigenvalue weighted by molar-refractivity contribution is -0.141. The van der Waals surface area contributed by atoms with Crippen molar-refractivity contribution in [1.82, 2.24) is 0 Å². The van der Waals surface area contributed by atoms with Gasteiger partial charge < -0.3 is 9.30 Å². The molecule has 0 spiro atoms.